The number of nitrogens with zero attached hydrogens (tertiary/aromatic N) is 4. The van der Waals surface area contributed by atoms with E-state index in [1.807, 2.05) is 0 Å². The van der Waals surface area contributed by atoms with Gasteiger partial charge in [0.2, 0.25) is 5.78 Å². The number of carboxylic acids is 1. The van der Waals surface area contributed by atoms with Crippen molar-refractivity contribution in [1.29, 1.82) is 0 Å². The van der Waals surface area contributed by atoms with Crippen LogP contribution in [0.15, 0.2) is 127 Å². The number of carboxylic acid groups (broad SMARTS) is 1. The van der Waals surface area contributed by atoms with Crippen LogP contribution in [0.2, 0.25) is 0 Å². The van der Waals surface area contributed by atoms with E-state index in [-0.39, 0.29) is 133 Å². The predicted octanol–water partition coefficient (Wildman–Crippen LogP) is -6.11. The fourth-order valence-electron chi connectivity index (χ4n) is 5.00. The van der Waals surface area contributed by atoms with Crippen LogP contribution in [0.25, 0.3) is 16.8 Å². The number of hydrazone groups is 2. The van der Waals surface area contributed by atoms with Gasteiger partial charge in [-0.25, -0.2) is 16.8 Å². The van der Waals surface area contributed by atoms with Gasteiger partial charge in [0.15, 0.2) is 5.78 Å². The van der Waals surface area contributed by atoms with E-state index in [2.05, 4.69) is 31.3 Å². The molecule has 0 heterocycles. The number of hydrogen-bond acceptors (Lipinski definition) is 17. The zero-order valence-electron chi connectivity index (χ0n) is 29.0. The van der Waals surface area contributed by atoms with Crippen LogP contribution < -0.4 is 110 Å². The number of azo groups is 1. The zero-order valence-corrected chi connectivity index (χ0v) is 36.6. The summed E-state index contributed by atoms with van der Waals surface area (Å²) in [7, 11) is -10.1. The standard InChI is InChI=1S/C33H23N7O10S2.3Na/c34-18-2-1-17-13-30(52(48,49)50)31(32(42)24(17)14-18)40-39-27-10-11-28(25-16-22(51(45,46)47)8-9-23(25)27)38-36-20-5-3-19(4-6-20)35-37-21-7-12-29(41)26(15-21)33(43)44;;;/h1-16,35,39H,34H2,(H,43,44)(H,45,46,47)(H,48,49,50);;;/q;3*+1/p-3/b37-21-,38-36?,40-31-;;;. The molecule has 17 nitrogen and oxygen atoms in total. The molecule has 0 aliphatic heterocycles. The molecule has 2 aliphatic carbocycles. The van der Waals surface area contributed by atoms with Gasteiger partial charge in [0, 0.05) is 27.6 Å². The minimum Gasteiger partial charge on any atom is -0.744 e. The van der Waals surface area contributed by atoms with Gasteiger partial charge in [0.05, 0.1) is 44.2 Å². The largest absolute Gasteiger partial charge is 1.00 e. The van der Waals surface area contributed by atoms with Crippen LogP contribution in [0, 0.1) is 0 Å². The van der Waals surface area contributed by atoms with Crippen molar-refractivity contribution in [3.63, 3.8) is 0 Å². The van der Waals surface area contributed by atoms with Crippen molar-refractivity contribution >= 4 is 94.5 Å². The minimum absolute atomic E-state index is 0. The van der Waals surface area contributed by atoms with Crippen LogP contribution in [0.1, 0.15) is 15.9 Å². The number of anilines is 3. The number of nitrogens with one attached hydrogen (secondary N) is 2. The Kier molecular flexibility index (Phi) is 15.4. The van der Waals surface area contributed by atoms with Crippen LogP contribution in [-0.4, -0.2) is 54.9 Å². The minimum atomic E-state index is -5.18. The molecule has 4 aromatic rings. The molecule has 0 bridgehead atoms. The van der Waals surface area contributed by atoms with Crippen molar-refractivity contribution in [2.24, 2.45) is 20.4 Å². The number of benzene rings is 4. The Balaban J connectivity index is 0.00000271. The van der Waals surface area contributed by atoms with Crippen LogP contribution in [0.5, 0.6) is 0 Å². The summed E-state index contributed by atoms with van der Waals surface area (Å²) in [5.74, 6) is -3.24. The molecule has 0 atom stereocenters. The molecular formula is C33H20N7Na3O10S2. The van der Waals surface area contributed by atoms with Gasteiger partial charge in [-0.2, -0.15) is 15.3 Å². The molecule has 55 heavy (non-hydrogen) atoms. The van der Waals surface area contributed by atoms with Crippen molar-refractivity contribution in [3.8, 4) is 0 Å². The van der Waals surface area contributed by atoms with Gasteiger partial charge in [-0.3, -0.25) is 20.4 Å². The number of hydrogen-bond donors (Lipinski definition) is 3. The molecule has 0 saturated heterocycles. The molecule has 4 N–H and O–H groups in total. The van der Waals surface area contributed by atoms with Crippen molar-refractivity contribution in [3.05, 3.63) is 113 Å². The van der Waals surface area contributed by atoms with Gasteiger partial charge < -0.3 is 24.7 Å². The number of nitrogen functional groups attached to an aromatic ring is 1. The van der Waals surface area contributed by atoms with Gasteiger partial charge in [-0.1, -0.05) is 12.1 Å². The summed E-state index contributed by atoms with van der Waals surface area (Å²) in [5, 5.41) is 27.8. The van der Waals surface area contributed by atoms with E-state index >= 15 is 0 Å². The van der Waals surface area contributed by atoms with E-state index in [4.69, 9.17) is 5.73 Å². The molecule has 0 radical (unpaired) electrons. The maximum Gasteiger partial charge on any atom is 1.00 e. The van der Waals surface area contributed by atoms with Crippen LogP contribution >= 0.6 is 0 Å². The van der Waals surface area contributed by atoms with Crippen molar-refractivity contribution in [1.82, 2.24) is 0 Å². The van der Waals surface area contributed by atoms with Crippen molar-refractivity contribution in [2.45, 2.75) is 4.90 Å². The molecule has 0 fully saturated rings. The van der Waals surface area contributed by atoms with Crippen molar-refractivity contribution < 1.29 is 134 Å². The van der Waals surface area contributed by atoms with Crippen LogP contribution in [-0.2, 0) is 29.8 Å². The average molecular weight is 808 g/mol. The molecule has 0 spiro atoms. The van der Waals surface area contributed by atoms with E-state index in [0.717, 1.165) is 30.4 Å². The number of ketones is 2. The summed E-state index contributed by atoms with van der Waals surface area (Å²) < 4.78 is 71.9. The fourth-order valence-corrected chi connectivity index (χ4v) is 6.14. The number of allylic oxidation sites excluding steroid dienone is 4. The summed E-state index contributed by atoms with van der Waals surface area (Å²) in [5.41, 5.74) is 11.3. The number of carbonyl (C=O) groups excluding carboxylic acids is 3. The van der Waals surface area contributed by atoms with E-state index in [1.165, 1.54) is 42.5 Å². The fraction of sp³-hybridized carbons (Fsp3) is 0. The molecular weight excluding hydrogens is 788 g/mol. The molecule has 0 aromatic heterocycles. The normalized spacial score (nSPS) is 15.4. The first-order valence-corrected chi connectivity index (χ1v) is 17.4. The third kappa shape index (κ3) is 10.6. The quantitative estimate of drug-likeness (QED) is 0.0270. The zero-order chi connectivity index (χ0) is 37.4. The monoisotopic (exact) mass is 807 g/mol. The maximum atomic E-state index is 13.3. The molecule has 0 saturated carbocycles. The Morgan fingerprint density at radius 2 is 1.44 bits per heavy atom. The molecule has 4 aromatic carbocycles. The number of aliphatic carboxylic acids is 1. The Hall–Kier alpha value is -3.67. The Labute approximate surface area is 379 Å². The number of nitrogens with two attached hydrogens (primary N) is 1. The summed E-state index contributed by atoms with van der Waals surface area (Å²) >= 11 is 0. The van der Waals surface area contributed by atoms with Crippen LogP contribution in [0.4, 0.5) is 28.4 Å². The first-order chi connectivity index (χ1) is 24.6. The molecule has 22 heteroatoms. The predicted molar refractivity (Wildman–Crippen MR) is 185 cm³/mol. The van der Waals surface area contributed by atoms with Gasteiger partial charge in [-0.15, -0.1) is 5.11 Å². The van der Waals surface area contributed by atoms with E-state index in [0.29, 0.717) is 11.4 Å². The number of fused-ring (bicyclic) bond motifs is 2. The third-order valence-electron chi connectivity index (χ3n) is 7.51. The summed E-state index contributed by atoms with van der Waals surface area (Å²) in [6.45, 7) is 0. The molecule has 0 unspecified atom stereocenters. The molecule has 262 valence electrons. The number of carbonyl (C=O) groups is 3. The first-order valence-electron chi connectivity index (χ1n) is 14.6. The van der Waals surface area contributed by atoms with Crippen LogP contribution in [0.3, 0.4) is 0 Å². The van der Waals surface area contributed by atoms with Gasteiger partial charge in [-0.05, 0) is 90.5 Å². The van der Waals surface area contributed by atoms with Gasteiger partial charge >= 0.3 is 88.7 Å². The first kappa shape index (κ1) is 45.7. The number of Topliss-reactive ketones (excluding diaryl/α,β-unsaturated/α-hetero) is 1. The molecule has 0 amide bonds. The Morgan fingerprint density at radius 1 is 0.727 bits per heavy atom. The topological polar surface area (TPSA) is 288 Å². The third-order valence-corrected chi connectivity index (χ3v) is 9.19. The van der Waals surface area contributed by atoms with Crippen molar-refractivity contribution in [2.75, 3.05) is 16.6 Å². The van der Waals surface area contributed by atoms with E-state index in [9.17, 15) is 45.4 Å². The second kappa shape index (κ2) is 18.5. The van der Waals surface area contributed by atoms with E-state index in [1.54, 1.807) is 24.3 Å². The summed E-state index contributed by atoms with van der Waals surface area (Å²) in [6, 6.07) is 16.5. The van der Waals surface area contributed by atoms with Gasteiger partial charge in [0.25, 0.3) is 0 Å². The summed E-state index contributed by atoms with van der Waals surface area (Å²) in [6.07, 6.45) is 4.44. The maximum absolute atomic E-state index is 13.3. The second-order valence-corrected chi connectivity index (χ2v) is 13.7. The SMILES string of the molecule is Nc1ccc2c(c1)C(=O)/C(=N\Nc1ccc(N=Nc3ccc(N/N=C4/C=CC(=O)C(C(=O)[O-])=C4)cc3)c3cc(S(=O)(=O)[O-])ccc13)C(S(=O)(=O)[O-])=C2.[Na+].[Na+].[Na+]. The Morgan fingerprint density at radius 3 is 2.09 bits per heavy atom. The average Bonchev–Trinajstić information content (AvgIpc) is 3.09. The summed E-state index contributed by atoms with van der Waals surface area (Å²) in [4.78, 5) is 34.5. The Bertz CT molecular complexity index is 2660. The number of rotatable bonds is 9. The molecule has 6 rings (SSSR count). The van der Waals surface area contributed by atoms with Gasteiger partial charge in [0.1, 0.15) is 25.9 Å². The smallest absolute Gasteiger partial charge is 0.744 e. The molecule has 2 aliphatic rings. The van der Waals surface area contributed by atoms with E-state index < -0.39 is 58.9 Å². The second-order valence-electron chi connectivity index (χ2n) is 10.9.